The monoisotopic (exact) mass is 1220 g/mol. The van der Waals surface area contributed by atoms with Crippen molar-refractivity contribution < 1.29 is 8.83 Å². The quantitative estimate of drug-likeness (QED) is 0.149. The molecule has 10 aromatic carbocycles. The molecule has 0 radical (unpaired) electrons. The Morgan fingerprint density at radius 1 is 0.312 bits per heavy atom. The molecule has 2 aliphatic rings. The summed E-state index contributed by atoms with van der Waals surface area (Å²) < 4.78 is 17.2. The molecule has 2 aliphatic heterocycles. The van der Waals surface area contributed by atoms with E-state index < -0.39 is 0 Å². The van der Waals surface area contributed by atoms with Crippen LogP contribution >= 0.6 is 0 Å². The summed E-state index contributed by atoms with van der Waals surface area (Å²) in [6.07, 6.45) is 0. The number of hydrogen-bond donors (Lipinski definition) is 0. The highest BCUT2D eigenvalue weighted by Gasteiger charge is 2.45. The lowest BCUT2D eigenvalue weighted by Gasteiger charge is -2.42. The molecular formula is C86H87BN4O2. The van der Waals surface area contributed by atoms with Crippen LogP contribution < -0.4 is 31.1 Å². The van der Waals surface area contributed by atoms with Gasteiger partial charge in [0.15, 0.2) is 5.58 Å². The first-order valence-electron chi connectivity index (χ1n) is 33.5. The minimum Gasteiger partial charge on any atom is -0.454 e. The predicted octanol–water partition coefficient (Wildman–Crippen LogP) is 22.8. The van der Waals surface area contributed by atoms with Crippen LogP contribution in [0, 0.1) is 0 Å². The highest BCUT2D eigenvalue weighted by molar-refractivity contribution is 7.00. The topological polar surface area (TPSA) is 40.9 Å². The van der Waals surface area contributed by atoms with Gasteiger partial charge in [0.05, 0.1) is 22.3 Å². The van der Waals surface area contributed by atoms with E-state index in [9.17, 15) is 0 Å². The van der Waals surface area contributed by atoms with Crippen LogP contribution in [0.3, 0.4) is 0 Å². The molecule has 0 spiro atoms. The molecule has 13 aromatic rings. The Balaban J connectivity index is 1.10. The van der Waals surface area contributed by atoms with Gasteiger partial charge in [0.1, 0.15) is 11.2 Å². The molecule has 0 saturated carbocycles. The average molecular weight is 1220 g/mol. The summed E-state index contributed by atoms with van der Waals surface area (Å²) in [4.78, 5) is 7.50. The average Bonchev–Trinajstić information content (AvgIpc) is 1.62. The molecule has 0 atom stereocenters. The Labute approximate surface area is 550 Å². The molecule has 0 saturated heterocycles. The maximum Gasteiger partial charge on any atom is 0.252 e. The van der Waals surface area contributed by atoms with Gasteiger partial charge >= 0.3 is 0 Å². The largest absolute Gasteiger partial charge is 0.454 e. The fourth-order valence-electron chi connectivity index (χ4n) is 14.7. The zero-order chi connectivity index (χ0) is 65.4. The maximum absolute atomic E-state index is 7.44. The molecule has 0 aliphatic carbocycles. The highest BCUT2D eigenvalue weighted by Crippen LogP contribution is 2.52. The molecule has 0 unspecified atom stereocenters. The van der Waals surface area contributed by atoms with Crippen LogP contribution in [0.2, 0.25) is 0 Å². The third-order valence-corrected chi connectivity index (χ3v) is 20.1. The van der Waals surface area contributed by atoms with Gasteiger partial charge < -0.3 is 23.5 Å². The number of hydrogen-bond acceptors (Lipinski definition) is 5. The predicted molar refractivity (Wildman–Crippen MR) is 399 cm³/mol. The van der Waals surface area contributed by atoms with Gasteiger partial charge in [0.2, 0.25) is 5.71 Å². The lowest BCUT2D eigenvalue weighted by Crippen LogP contribution is -2.60. The van der Waals surface area contributed by atoms with E-state index in [-0.39, 0.29) is 39.2 Å². The molecule has 0 amide bonds. The summed E-state index contributed by atoms with van der Waals surface area (Å²) in [6, 6.07) is 76.5. The summed E-state index contributed by atoms with van der Waals surface area (Å²) in [5.41, 5.74) is 26.1. The number of fused-ring (bicyclic) bond motifs is 12. The number of benzene rings is 10. The summed E-state index contributed by atoms with van der Waals surface area (Å²) in [7, 11) is 0. The maximum atomic E-state index is 7.44. The molecule has 0 N–H and O–H groups in total. The SMILES string of the molecule is CC(C)(C)c1ccc(N(c2ccc(C(C)(C)C)cc2)c2ccc3c(c2)N(c2cccc4c2oc2cc(C(C)(C)C)ccc24)c2cc(N(c4ccc(C(C)(C)C)cc4)c4ccc(C(C)(C)C)cc4)cc4c2B3c2cc(C(C)(C)C)cc3c5c6ccccc6oc5n-4c23)cc1. The van der Waals surface area contributed by atoms with Crippen LogP contribution in [0.5, 0.6) is 0 Å². The smallest absolute Gasteiger partial charge is 0.252 e. The Bertz CT molecular complexity index is 5020. The van der Waals surface area contributed by atoms with Crippen molar-refractivity contribution in [3.8, 4) is 5.69 Å². The molecule has 15 rings (SSSR count). The summed E-state index contributed by atoms with van der Waals surface area (Å²) in [5.74, 6) is 0. The summed E-state index contributed by atoms with van der Waals surface area (Å²) >= 11 is 0. The first kappa shape index (κ1) is 60.1. The van der Waals surface area contributed by atoms with Gasteiger partial charge in [-0.2, -0.15) is 0 Å². The first-order valence-corrected chi connectivity index (χ1v) is 33.5. The molecule has 93 heavy (non-hydrogen) atoms. The lowest BCUT2D eigenvalue weighted by molar-refractivity contribution is 0.587. The molecule has 0 fully saturated rings. The minimum atomic E-state index is -0.202. The summed E-state index contributed by atoms with van der Waals surface area (Å²) in [6.45, 7) is 41.2. The fourth-order valence-corrected chi connectivity index (χ4v) is 14.7. The standard InChI is InChI=1S/C86H87BN4O2/c1-81(2,3)52-26-35-58(36-27-52)88(59-37-28-53(29-38-59)82(4,5)6)62-43-45-68-71(49-62)90(70-24-21-23-65-64-44-34-56(85(13,14)15)48-75(64)92-79(65)70)72-50-63(89(60-39-30-54(31-40-60)83(7,8)9)61-41-32-55(33-42-61)84(10,11)12)51-73-77(72)87(68)69-47-57(86(16,17)18)46-67-76-66-22-19-20-25-74(66)93-80(76)91(73)78(67)69/h19-51H,1-18H3. The Morgan fingerprint density at radius 2 is 0.774 bits per heavy atom. The molecule has 3 aromatic heterocycles. The third kappa shape index (κ3) is 9.89. The lowest BCUT2D eigenvalue weighted by atomic mass is 9.33. The van der Waals surface area contributed by atoms with Crippen molar-refractivity contribution in [2.45, 2.75) is 157 Å². The summed E-state index contributed by atoms with van der Waals surface area (Å²) in [5, 5.41) is 5.62. The second kappa shape index (κ2) is 20.7. The number of furan rings is 2. The molecule has 5 heterocycles. The molecule has 6 nitrogen and oxygen atoms in total. The zero-order valence-corrected chi connectivity index (χ0v) is 57.7. The number of aromatic nitrogens is 1. The van der Waals surface area contributed by atoms with E-state index in [1.165, 1.54) is 60.7 Å². The second-order valence-corrected chi connectivity index (χ2v) is 32.8. The minimum absolute atomic E-state index is 0.0202. The number of nitrogens with zero attached hydrogens (tertiary/aromatic N) is 4. The molecule has 466 valence electrons. The van der Waals surface area contributed by atoms with E-state index in [0.717, 1.165) is 101 Å². The van der Waals surface area contributed by atoms with Gasteiger partial charge in [-0.05, 0) is 179 Å². The third-order valence-electron chi connectivity index (χ3n) is 20.1. The van der Waals surface area contributed by atoms with E-state index >= 15 is 0 Å². The van der Waals surface area contributed by atoms with E-state index in [4.69, 9.17) is 8.83 Å². The fraction of sp³-hybridized carbons (Fsp3) is 0.279. The molecular weight excluding hydrogens is 1130 g/mol. The van der Waals surface area contributed by atoms with Gasteiger partial charge in [-0.15, -0.1) is 0 Å². The normalized spacial score (nSPS) is 13.7. The molecule has 7 heteroatoms. The van der Waals surface area contributed by atoms with Crippen LogP contribution in [0.4, 0.5) is 51.2 Å². The number of para-hydroxylation sites is 2. The van der Waals surface area contributed by atoms with E-state index in [0.29, 0.717) is 0 Å². The van der Waals surface area contributed by atoms with Crippen LogP contribution in [-0.2, 0) is 32.5 Å². The van der Waals surface area contributed by atoms with E-state index in [2.05, 4.69) is 344 Å². The van der Waals surface area contributed by atoms with Crippen LogP contribution in [0.1, 0.15) is 158 Å². The van der Waals surface area contributed by atoms with Gasteiger partial charge in [0.25, 0.3) is 6.71 Å². The van der Waals surface area contributed by atoms with Gasteiger partial charge in [-0.25, -0.2) is 0 Å². The van der Waals surface area contributed by atoms with Crippen molar-refractivity contribution in [3.63, 3.8) is 0 Å². The Kier molecular flexibility index (Phi) is 13.3. The number of anilines is 9. The van der Waals surface area contributed by atoms with E-state index in [1.807, 2.05) is 0 Å². The first-order chi connectivity index (χ1) is 43.9. The van der Waals surface area contributed by atoms with Gasteiger partial charge in [0, 0.05) is 67.0 Å². The van der Waals surface area contributed by atoms with Crippen molar-refractivity contribution in [2.24, 2.45) is 0 Å². The van der Waals surface area contributed by atoms with Crippen LogP contribution in [0.25, 0.3) is 60.6 Å². The van der Waals surface area contributed by atoms with Gasteiger partial charge in [-0.3, -0.25) is 4.57 Å². The van der Waals surface area contributed by atoms with Crippen molar-refractivity contribution >= 4 is 129 Å². The van der Waals surface area contributed by atoms with Crippen molar-refractivity contribution in [3.05, 3.63) is 234 Å². The Morgan fingerprint density at radius 3 is 1.30 bits per heavy atom. The zero-order valence-electron chi connectivity index (χ0n) is 57.7. The van der Waals surface area contributed by atoms with Crippen molar-refractivity contribution in [1.82, 2.24) is 4.57 Å². The highest BCUT2D eigenvalue weighted by atomic mass is 16.3. The van der Waals surface area contributed by atoms with Gasteiger partial charge in [-0.1, -0.05) is 228 Å². The van der Waals surface area contributed by atoms with Crippen molar-refractivity contribution in [1.29, 1.82) is 0 Å². The number of rotatable bonds is 7. The van der Waals surface area contributed by atoms with Crippen LogP contribution in [0.15, 0.2) is 209 Å². The van der Waals surface area contributed by atoms with E-state index in [1.54, 1.807) is 0 Å². The second-order valence-electron chi connectivity index (χ2n) is 32.8. The Hall–Kier alpha value is -9.20. The van der Waals surface area contributed by atoms with Crippen LogP contribution in [-0.4, -0.2) is 11.3 Å². The molecule has 0 bridgehead atoms. The van der Waals surface area contributed by atoms with Crippen molar-refractivity contribution in [2.75, 3.05) is 14.7 Å².